The molecule has 25 heavy (non-hydrogen) atoms. The number of nitrogens with zero attached hydrogens (tertiary/aromatic N) is 3. The topological polar surface area (TPSA) is 105 Å². The third-order valence-corrected chi connectivity index (χ3v) is 4.47. The molecule has 130 valence electrons. The Hall–Kier alpha value is -2.74. The number of halogens is 1. The number of nitrogens with two attached hydrogens (primary N) is 1. The fraction of sp³-hybridized carbons (Fsp3) is 0.353. The molecule has 0 saturated heterocycles. The summed E-state index contributed by atoms with van der Waals surface area (Å²) in [6, 6.07) is 6.83. The van der Waals surface area contributed by atoms with Crippen LogP contribution in [0.4, 0.5) is 21.8 Å². The van der Waals surface area contributed by atoms with Gasteiger partial charge in [-0.2, -0.15) is 9.97 Å². The number of nitrogens with one attached hydrogen (secondary N) is 3. The van der Waals surface area contributed by atoms with Crippen molar-refractivity contribution in [2.24, 2.45) is 5.73 Å². The van der Waals surface area contributed by atoms with E-state index in [1.165, 1.54) is 12.1 Å². The molecule has 7 nitrogen and oxygen atoms in total. The first-order chi connectivity index (χ1) is 12.2. The molecule has 0 unspecified atom stereocenters. The van der Waals surface area contributed by atoms with Crippen molar-refractivity contribution in [3.05, 3.63) is 36.4 Å². The van der Waals surface area contributed by atoms with E-state index in [1.807, 2.05) is 0 Å². The minimum Gasteiger partial charge on any atom is -0.351 e. The molecular formula is C17H20FN7. The third kappa shape index (κ3) is 3.53. The standard InChI is InChI=1S/C17H20FN7/c18-10-2-1-3-13(8-10)22-16-14-15(21-9-20-14)24-17(25-16)23-12-6-4-11(19)5-7-12/h1-3,8-9,11-12H,4-7,19H2,(H3,20,21,22,23,24,25). The average Bonchev–Trinajstić information content (AvgIpc) is 3.06. The van der Waals surface area contributed by atoms with Crippen LogP contribution in [-0.4, -0.2) is 32.0 Å². The minimum absolute atomic E-state index is 0.291. The fourth-order valence-corrected chi connectivity index (χ4v) is 3.14. The normalized spacial score (nSPS) is 20.6. The molecule has 8 heteroatoms. The second kappa shape index (κ2) is 6.64. The number of H-pyrrole nitrogens is 1. The molecule has 1 saturated carbocycles. The van der Waals surface area contributed by atoms with Gasteiger partial charge in [0.15, 0.2) is 17.0 Å². The van der Waals surface area contributed by atoms with E-state index in [2.05, 4.69) is 30.6 Å². The van der Waals surface area contributed by atoms with E-state index in [-0.39, 0.29) is 5.82 Å². The number of fused-ring (bicyclic) bond motifs is 1. The predicted octanol–water partition coefficient (Wildman–Crippen LogP) is 2.92. The van der Waals surface area contributed by atoms with Gasteiger partial charge in [0.05, 0.1) is 6.33 Å². The van der Waals surface area contributed by atoms with Crippen LogP contribution in [0.15, 0.2) is 30.6 Å². The fourth-order valence-electron chi connectivity index (χ4n) is 3.14. The molecule has 0 amide bonds. The molecule has 0 bridgehead atoms. The van der Waals surface area contributed by atoms with Crippen LogP contribution in [0.1, 0.15) is 25.7 Å². The lowest BCUT2D eigenvalue weighted by atomic mass is 9.92. The van der Waals surface area contributed by atoms with Crippen molar-refractivity contribution in [1.29, 1.82) is 0 Å². The number of benzene rings is 1. The van der Waals surface area contributed by atoms with Crippen LogP contribution in [0, 0.1) is 5.82 Å². The Morgan fingerprint density at radius 3 is 2.80 bits per heavy atom. The highest BCUT2D eigenvalue weighted by atomic mass is 19.1. The van der Waals surface area contributed by atoms with E-state index in [9.17, 15) is 4.39 Å². The van der Waals surface area contributed by atoms with Gasteiger partial charge in [-0.1, -0.05) is 6.07 Å². The van der Waals surface area contributed by atoms with Gasteiger partial charge in [-0.05, 0) is 43.9 Å². The SMILES string of the molecule is NC1CCC(Nc2nc(Nc3cccc(F)c3)c3nc[nH]c3n2)CC1. The number of hydrogen-bond donors (Lipinski definition) is 4. The lowest BCUT2D eigenvalue weighted by Crippen LogP contribution is -2.33. The third-order valence-electron chi connectivity index (χ3n) is 4.47. The maximum Gasteiger partial charge on any atom is 0.227 e. The summed E-state index contributed by atoms with van der Waals surface area (Å²) < 4.78 is 13.4. The van der Waals surface area contributed by atoms with E-state index in [0.717, 1.165) is 25.7 Å². The monoisotopic (exact) mass is 341 g/mol. The second-order valence-electron chi connectivity index (χ2n) is 6.39. The van der Waals surface area contributed by atoms with E-state index in [1.54, 1.807) is 18.5 Å². The Kier molecular flexibility index (Phi) is 4.19. The predicted molar refractivity (Wildman–Crippen MR) is 95.2 cm³/mol. The van der Waals surface area contributed by atoms with Crippen molar-refractivity contribution in [2.75, 3.05) is 10.6 Å². The maximum absolute atomic E-state index is 13.4. The molecule has 3 aromatic rings. The average molecular weight is 341 g/mol. The summed E-state index contributed by atoms with van der Waals surface area (Å²) >= 11 is 0. The summed E-state index contributed by atoms with van der Waals surface area (Å²) in [6.07, 6.45) is 5.56. The number of aromatic amines is 1. The summed E-state index contributed by atoms with van der Waals surface area (Å²) in [5, 5.41) is 6.51. The number of anilines is 3. The maximum atomic E-state index is 13.4. The first-order valence-corrected chi connectivity index (χ1v) is 8.43. The van der Waals surface area contributed by atoms with Crippen molar-refractivity contribution in [3.8, 4) is 0 Å². The number of hydrogen-bond acceptors (Lipinski definition) is 6. The van der Waals surface area contributed by atoms with Crippen molar-refractivity contribution in [2.45, 2.75) is 37.8 Å². The first-order valence-electron chi connectivity index (χ1n) is 8.43. The highest BCUT2D eigenvalue weighted by Gasteiger charge is 2.20. The largest absolute Gasteiger partial charge is 0.351 e. The molecule has 0 aliphatic heterocycles. The Morgan fingerprint density at radius 1 is 1.16 bits per heavy atom. The van der Waals surface area contributed by atoms with Crippen LogP contribution in [0.25, 0.3) is 11.2 Å². The minimum atomic E-state index is -0.311. The van der Waals surface area contributed by atoms with Crippen molar-refractivity contribution in [3.63, 3.8) is 0 Å². The van der Waals surface area contributed by atoms with Crippen LogP contribution < -0.4 is 16.4 Å². The summed E-state index contributed by atoms with van der Waals surface area (Å²) in [5.41, 5.74) is 7.81. The van der Waals surface area contributed by atoms with Crippen molar-refractivity contribution >= 4 is 28.6 Å². The van der Waals surface area contributed by atoms with E-state index < -0.39 is 0 Å². The lowest BCUT2D eigenvalue weighted by Gasteiger charge is -2.26. The molecule has 1 aliphatic carbocycles. The Bertz CT molecular complexity index is 870. The second-order valence-corrected chi connectivity index (χ2v) is 6.39. The lowest BCUT2D eigenvalue weighted by molar-refractivity contribution is 0.410. The molecule has 5 N–H and O–H groups in total. The van der Waals surface area contributed by atoms with Crippen molar-refractivity contribution in [1.82, 2.24) is 19.9 Å². The summed E-state index contributed by atoms with van der Waals surface area (Å²) in [5.74, 6) is 0.747. The Morgan fingerprint density at radius 2 is 2.00 bits per heavy atom. The quantitative estimate of drug-likeness (QED) is 0.582. The molecule has 1 aliphatic rings. The Labute approximate surface area is 144 Å². The molecule has 1 aromatic carbocycles. The van der Waals surface area contributed by atoms with Crippen LogP contribution >= 0.6 is 0 Å². The van der Waals surface area contributed by atoms with Gasteiger partial charge in [0, 0.05) is 17.8 Å². The van der Waals surface area contributed by atoms with Crippen LogP contribution in [0.3, 0.4) is 0 Å². The zero-order chi connectivity index (χ0) is 17.2. The summed E-state index contributed by atoms with van der Waals surface area (Å²) in [6.45, 7) is 0. The number of rotatable bonds is 4. The van der Waals surface area contributed by atoms with Gasteiger partial charge in [-0.3, -0.25) is 0 Å². The van der Waals surface area contributed by atoms with E-state index in [0.29, 0.717) is 40.7 Å². The zero-order valence-electron chi connectivity index (χ0n) is 13.7. The smallest absolute Gasteiger partial charge is 0.227 e. The summed E-state index contributed by atoms with van der Waals surface area (Å²) in [7, 11) is 0. The van der Waals surface area contributed by atoms with Gasteiger partial charge < -0.3 is 21.4 Å². The number of aromatic nitrogens is 4. The molecular weight excluding hydrogens is 321 g/mol. The molecule has 2 aromatic heterocycles. The molecule has 0 atom stereocenters. The van der Waals surface area contributed by atoms with E-state index in [4.69, 9.17) is 5.73 Å². The molecule has 1 fully saturated rings. The van der Waals surface area contributed by atoms with Crippen molar-refractivity contribution < 1.29 is 4.39 Å². The van der Waals surface area contributed by atoms with Gasteiger partial charge in [-0.15, -0.1) is 0 Å². The van der Waals surface area contributed by atoms with E-state index >= 15 is 0 Å². The molecule has 4 rings (SSSR count). The highest BCUT2D eigenvalue weighted by molar-refractivity contribution is 5.86. The molecule has 2 heterocycles. The van der Waals surface area contributed by atoms with Crippen LogP contribution in [0.2, 0.25) is 0 Å². The van der Waals surface area contributed by atoms with Crippen LogP contribution in [0.5, 0.6) is 0 Å². The molecule has 0 spiro atoms. The van der Waals surface area contributed by atoms with Gasteiger partial charge >= 0.3 is 0 Å². The van der Waals surface area contributed by atoms with Gasteiger partial charge in [0.2, 0.25) is 5.95 Å². The summed E-state index contributed by atoms with van der Waals surface area (Å²) in [4.78, 5) is 16.3. The van der Waals surface area contributed by atoms with Crippen LogP contribution in [-0.2, 0) is 0 Å². The van der Waals surface area contributed by atoms with Gasteiger partial charge in [0.25, 0.3) is 0 Å². The zero-order valence-corrected chi connectivity index (χ0v) is 13.7. The highest BCUT2D eigenvalue weighted by Crippen LogP contribution is 2.25. The van der Waals surface area contributed by atoms with Gasteiger partial charge in [-0.25, -0.2) is 9.37 Å². The van der Waals surface area contributed by atoms with Gasteiger partial charge in [0.1, 0.15) is 5.82 Å². The number of imidazole rings is 1. The first kappa shape index (κ1) is 15.8. The molecule has 0 radical (unpaired) electrons. The Balaban J connectivity index is 1.60.